The molecule has 0 aromatic carbocycles. The van der Waals surface area contributed by atoms with E-state index in [1.54, 1.807) is 12.3 Å². The molecule has 0 saturated carbocycles. The van der Waals surface area contributed by atoms with Gasteiger partial charge in [-0.25, -0.2) is 26.3 Å². The molecule has 0 spiro atoms. The van der Waals surface area contributed by atoms with Gasteiger partial charge < -0.3 is 5.73 Å². The number of fused-ring (bicyclic) bond motifs is 1. The standard InChI is InChI=1S/C6H9N7/c7-5-4-1-2-12(13(8)9)6(4)11-3-10-5/h1-3H,8-9H2,(H2,7,10,11). The van der Waals surface area contributed by atoms with E-state index in [2.05, 4.69) is 9.97 Å². The third-order valence-electron chi connectivity index (χ3n) is 1.74. The van der Waals surface area contributed by atoms with Gasteiger partial charge in [0.05, 0.1) is 5.39 Å². The van der Waals surface area contributed by atoms with Crippen molar-refractivity contribution in [2.24, 2.45) is 11.7 Å². The Kier molecular flexibility index (Phi) is 1.54. The number of nitrogens with zero attached hydrogens (tertiary/aromatic N) is 4. The van der Waals surface area contributed by atoms with E-state index < -0.39 is 0 Å². The van der Waals surface area contributed by atoms with Crippen LogP contribution in [0.4, 0.5) is 5.82 Å². The Morgan fingerprint density at radius 1 is 1.31 bits per heavy atom. The van der Waals surface area contributed by atoms with Crippen LogP contribution in [0.1, 0.15) is 0 Å². The van der Waals surface area contributed by atoms with Gasteiger partial charge in [-0.05, 0) is 6.07 Å². The number of anilines is 1. The summed E-state index contributed by atoms with van der Waals surface area (Å²) < 4.78 is 1.47. The minimum Gasteiger partial charge on any atom is -0.383 e. The van der Waals surface area contributed by atoms with E-state index in [-0.39, 0.29) is 0 Å². The molecule has 2 aromatic rings. The first kappa shape index (κ1) is 7.77. The fourth-order valence-corrected chi connectivity index (χ4v) is 1.14. The Labute approximate surface area is 73.7 Å². The number of rotatable bonds is 1. The van der Waals surface area contributed by atoms with Gasteiger partial charge in [-0.2, -0.15) is 5.23 Å². The third-order valence-corrected chi connectivity index (χ3v) is 1.74. The maximum Gasteiger partial charge on any atom is 0.166 e. The summed E-state index contributed by atoms with van der Waals surface area (Å²) in [6.07, 6.45) is 3.02. The van der Waals surface area contributed by atoms with E-state index in [0.29, 0.717) is 11.5 Å². The van der Waals surface area contributed by atoms with Crippen molar-refractivity contribution in [2.75, 3.05) is 11.0 Å². The molecule has 7 nitrogen and oxygen atoms in total. The SMILES string of the molecule is Nc1ncnc2c1ccn2N(N)N. The van der Waals surface area contributed by atoms with E-state index in [0.717, 1.165) is 10.6 Å². The van der Waals surface area contributed by atoms with Crippen LogP contribution in [0, 0.1) is 0 Å². The molecule has 0 amide bonds. The lowest BCUT2D eigenvalue weighted by Crippen LogP contribution is -2.47. The number of hydrogen-bond donors (Lipinski definition) is 3. The molecule has 0 fully saturated rings. The second-order valence-electron chi connectivity index (χ2n) is 2.54. The summed E-state index contributed by atoms with van der Waals surface area (Å²) in [6.45, 7) is 0. The van der Waals surface area contributed by atoms with Crippen molar-refractivity contribution in [1.29, 1.82) is 0 Å². The van der Waals surface area contributed by atoms with E-state index in [1.807, 2.05) is 0 Å². The highest BCUT2D eigenvalue weighted by Crippen LogP contribution is 2.16. The summed E-state index contributed by atoms with van der Waals surface area (Å²) in [5.41, 5.74) is 6.19. The van der Waals surface area contributed by atoms with E-state index in [4.69, 9.17) is 17.4 Å². The Morgan fingerprint density at radius 2 is 2.08 bits per heavy atom. The molecule has 13 heavy (non-hydrogen) atoms. The molecule has 7 heteroatoms. The number of nitrogen functional groups attached to an aromatic ring is 1. The summed E-state index contributed by atoms with van der Waals surface area (Å²) in [6, 6.07) is 1.75. The molecular weight excluding hydrogens is 170 g/mol. The lowest BCUT2D eigenvalue weighted by molar-refractivity contribution is 0.647. The van der Waals surface area contributed by atoms with Crippen molar-refractivity contribution >= 4 is 16.9 Å². The van der Waals surface area contributed by atoms with Crippen molar-refractivity contribution in [1.82, 2.24) is 14.6 Å². The van der Waals surface area contributed by atoms with Gasteiger partial charge in [0.25, 0.3) is 0 Å². The molecule has 0 aliphatic carbocycles. The first-order chi connectivity index (χ1) is 6.20. The molecule has 6 N–H and O–H groups in total. The third kappa shape index (κ3) is 1.06. The molecule has 0 bridgehead atoms. The van der Waals surface area contributed by atoms with Crippen LogP contribution in [0.25, 0.3) is 11.0 Å². The number of hydrogen-bond acceptors (Lipinski definition) is 6. The molecule has 2 rings (SSSR count). The lowest BCUT2D eigenvalue weighted by atomic mass is 10.4. The molecule has 0 aliphatic heterocycles. The fourth-order valence-electron chi connectivity index (χ4n) is 1.14. The molecule has 0 saturated heterocycles. The van der Waals surface area contributed by atoms with Crippen LogP contribution in [0.5, 0.6) is 0 Å². The highest BCUT2D eigenvalue weighted by molar-refractivity contribution is 5.86. The van der Waals surface area contributed by atoms with Gasteiger partial charge in [-0.1, -0.05) is 0 Å². The fraction of sp³-hybridized carbons (Fsp3) is 0. The van der Waals surface area contributed by atoms with Crippen LogP contribution in [0.15, 0.2) is 18.6 Å². The summed E-state index contributed by atoms with van der Waals surface area (Å²) in [4.78, 5) is 7.83. The average molecular weight is 179 g/mol. The Hall–Kier alpha value is -1.86. The first-order valence-corrected chi connectivity index (χ1v) is 3.57. The first-order valence-electron chi connectivity index (χ1n) is 3.57. The number of hydrazine groups is 2. The van der Waals surface area contributed by atoms with Crippen LogP contribution >= 0.6 is 0 Å². The maximum atomic E-state index is 5.61. The van der Waals surface area contributed by atoms with Crippen LogP contribution in [-0.4, -0.2) is 14.6 Å². The largest absolute Gasteiger partial charge is 0.383 e. The van der Waals surface area contributed by atoms with Crippen LogP contribution in [0.2, 0.25) is 0 Å². The van der Waals surface area contributed by atoms with Gasteiger partial charge in [-0.3, -0.25) is 0 Å². The Bertz CT molecular complexity index is 431. The zero-order chi connectivity index (χ0) is 9.42. The number of aromatic nitrogens is 3. The van der Waals surface area contributed by atoms with Gasteiger partial charge in [0.2, 0.25) is 0 Å². The van der Waals surface area contributed by atoms with Gasteiger partial charge >= 0.3 is 0 Å². The van der Waals surface area contributed by atoms with Crippen molar-refractivity contribution in [3.05, 3.63) is 18.6 Å². The zero-order valence-corrected chi connectivity index (χ0v) is 6.75. The predicted molar refractivity (Wildman–Crippen MR) is 48.5 cm³/mol. The summed E-state index contributed by atoms with van der Waals surface area (Å²) in [5.74, 6) is 11.1. The smallest absolute Gasteiger partial charge is 0.166 e. The van der Waals surface area contributed by atoms with E-state index >= 15 is 0 Å². The summed E-state index contributed by atoms with van der Waals surface area (Å²) in [5, 5.41) is 1.65. The maximum absolute atomic E-state index is 5.61. The lowest BCUT2D eigenvalue weighted by Gasteiger charge is -2.12. The minimum absolute atomic E-state index is 0.408. The molecule has 0 radical (unpaired) electrons. The average Bonchev–Trinajstić information content (AvgIpc) is 2.48. The van der Waals surface area contributed by atoms with Crippen molar-refractivity contribution < 1.29 is 0 Å². The highest BCUT2D eigenvalue weighted by Gasteiger charge is 2.06. The van der Waals surface area contributed by atoms with Crippen molar-refractivity contribution in [2.45, 2.75) is 0 Å². The Balaban J connectivity index is 2.75. The van der Waals surface area contributed by atoms with Crippen molar-refractivity contribution in [3.63, 3.8) is 0 Å². The van der Waals surface area contributed by atoms with Crippen LogP contribution in [-0.2, 0) is 0 Å². The van der Waals surface area contributed by atoms with Gasteiger partial charge in [0.15, 0.2) is 5.65 Å². The summed E-state index contributed by atoms with van der Waals surface area (Å²) >= 11 is 0. The van der Waals surface area contributed by atoms with Gasteiger partial charge in [0, 0.05) is 6.20 Å². The molecule has 2 aromatic heterocycles. The molecule has 2 heterocycles. The summed E-state index contributed by atoms with van der Waals surface area (Å²) in [7, 11) is 0. The normalized spacial score (nSPS) is 10.6. The topological polar surface area (TPSA) is 112 Å². The minimum atomic E-state index is 0.408. The highest BCUT2D eigenvalue weighted by atomic mass is 15.8. The molecule has 68 valence electrons. The zero-order valence-electron chi connectivity index (χ0n) is 6.75. The number of nitrogens with two attached hydrogens (primary N) is 3. The van der Waals surface area contributed by atoms with E-state index in [9.17, 15) is 0 Å². The predicted octanol–water partition coefficient (Wildman–Crippen LogP) is -1.30. The molecule has 0 unspecified atom stereocenters. The van der Waals surface area contributed by atoms with Gasteiger partial charge in [0.1, 0.15) is 12.1 Å². The van der Waals surface area contributed by atoms with Crippen molar-refractivity contribution in [3.8, 4) is 0 Å². The molecule has 0 aliphatic rings. The van der Waals surface area contributed by atoms with Gasteiger partial charge in [-0.15, -0.1) is 0 Å². The molecule has 0 atom stereocenters. The monoisotopic (exact) mass is 179 g/mol. The van der Waals surface area contributed by atoms with Crippen LogP contribution in [0.3, 0.4) is 0 Å². The molecular formula is C6H9N7. The Morgan fingerprint density at radius 3 is 2.77 bits per heavy atom. The second-order valence-corrected chi connectivity index (χ2v) is 2.54. The quantitative estimate of drug-likeness (QED) is 0.370. The van der Waals surface area contributed by atoms with E-state index in [1.165, 1.54) is 11.0 Å². The second kappa shape index (κ2) is 2.57. The van der Waals surface area contributed by atoms with Crippen LogP contribution < -0.4 is 22.6 Å².